The number of piperidine rings is 1. The summed E-state index contributed by atoms with van der Waals surface area (Å²) in [6.45, 7) is 13.3. The Bertz CT molecular complexity index is 424. The second kappa shape index (κ2) is 18.7. The van der Waals surface area contributed by atoms with E-state index in [2.05, 4.69) is 5.32 Å². The van der Waals surface area contributed by atoms with Crippen molar-refractivity contribution in [2.24, 2.45) is 0 Å². The fraction of sp³-hybridized carbons (Fsp3) is 0.955. The van der Waals surface area contributed by atoms with Crippen LogP contribution in [-0.2, 0) is 38.0 Å². The highest BCUT2D eigenvalue weighted by Crippen LogP contribution is 2.08. The van der Waals surface area contributed by atoms with Crippen molar-refractivity contribution in [3.63, 3.8) is 0 Å². The van der Waals surface area contributed by atoms with Gasteiger partial charge in [0, 0.05) is 0 Å². The van der Waals surface area contributed by atoms with Crippen molar-refractivity contribution in [1.29, 1.82) is 0 Å². The molecule has 1 heterocycles. The molecule has 1 aliphatic heterocycles. The summed E-state index contributed by atoms with van der Waals surface area (Å²) in [5, 5.41) is 3.32. The topological polar surface area (TPSA) is 93.7 Å². The molecule has 0 amide bonds. The fourth-order valence-electron chi connectivity index (χ4n) is 2.77. The van der Waals surface area contributed by atoms with E-state index in [-0.39, 0.29) is 12.4 Å². The monoisotopic (exact) mass is 449 g/mol. The van der Waals surface area contributed by atoms with Gasteiger partial charge in [-0.05, 0) is 46.7 Å². The molecule has 0 spiro atoms. The van der Waals surface area contributed by atoms with E-state index in [9.17, 15) is 4.79 Å². The van der Waals surface area contributed by atoms with Crippen LogP contribution in [0.25, 0.3) is 0 Å². The van der Waals surface area contributed by atoms with E-state index in [1.807, 2.05) is 20.8 Å². The predicted molar refractivity (Wildman–Crippen MR) is 116 cm³/mol. The van der Waals surface area contributed by atoms with Gasteiger partial charge in [-0.25, -0.2) is 0 Å². The molecule has 9 heteroatoms. The number of ether oxygens (including phenoxy) is 7. The van der Waals surface area contributed by atoms with Gasteiger partial charge in [0.25, 0.3) is 0 Å². The van der Waals surface area contributed by atoms with Gasteiger partial charge in [-0.3, -0.25) is 4.79 Å². The molecule has 0 saturated carbocycles. The average Bonchev–Trinajstić information content (AvgIpc) is 2.72. The van der Waals surface area contributed by atoms with Crippen LogP contribution in [0.15, 0.2) is 0 Å². The minimum absolute atomic E-state index is 0.248. The molecule has 0 unspecified atom stereocenters. The molecule has 1 rings (SSSR count). The van der Waals surface area contributed by atoms with Crippen LogP contribution in [0.4, 0.5) is 0 Å². The first-order valence-electron chi connectivity index (χ1n) is 11.4. The van der Waals surface area contributed by atoms with Crippen LogP contribution in [0.1, 0.15) is 40.0 Å². The Morgan fingerprint density at radius 2 is 1.13 bits per heavy atom. The second-order valence-electron chi connectivity index (χ2n) is 8.22. The maximum absolute atomic E-state index is 11.5. The first kappa shape index (κ1) is 28.2. The van der Waals surface area contributed by atoms with Gasteiger partial charge in [0.1, 0.15) is 5.60 Å². The minimum atomic E-state index is -0.458. The van der Waals surface area contributed by atoms with Gasteiger partial charge in [0.2, 0.25) is 0 Å². The van der Waals surface area contributed by atoms with Crippen molar-refractivity contribution < 1.29 is 38.0 Å². The normalized spacial score (nSPS) is 15.3. The van der Waals surface area contributed by atoms with Crippen molar-refractivity contribution in [3.05, 3.63) is 0 Å². The Hall–Kier alpha value is -0.810. The molecule has 0 aromatic rings. The lowest BCUT2D eigenvalue weighted by Crippen LogP contribution is -2.33. The maximum Gasteiger partial charge on any atom is 0.308 e. The second-order valence-corrected chi connectivity index (χ2v) is 8.22. The van der Waals surface area contributed by atoms with Crippen molar-refractivity contribution >= 4 is 5.97 Å². The molecule has 1 saturated heterocycles. The van der Waals surface area contributed by atoms with Crippen LogP contribution < -0.4 is 5.32 Å². The Kier molecular flexibility index (Phi) is 17.1. The number of carbonyl (C=O) groups excluding carboxylic acids is 1. The van der Waals surface area contributed by atoms with Crippen LogP contribution >= 0.6 is 0 Å². The SMILES string of the molecule is CC(C)(C)OC(=O)CCOCCOCCOCCOCCOCCOC1CCNCC1. The highest BCUT2D eigenvalue weighted by atomic mass is 16.6. The lowest BCUT2D eigenvalue weighted by atomic mass is 10.1. The summed E-state index contributed by atoms with van der Waals surface area (Å²) < 4.78 is 38.1. The molecule has 1 N–H and O–H groups in total. The molecular weight excluding hydrogens is 406 g/mol. The quantitative estimate of drug-likeness (QED) is 0.233. The Morgan fingerprint density at radius 3 is 1.58 bits per heavy atom. The lowest BCUT2D eigenvalue weighted by molar-refractivity contribution is -0.156. The van der Waals surface area contributed by atoms with Crippen molar-refractivity contribution in [3.8, 4) is 0 Å². The third-order valence-corrected chi connectivity index (χ3v) is 4.23. The predicted octanol–water partition coefficient (Wildman–Crippen LogP) is 1.57. The summed E-state index contributed by atoms with van der Waals surface area (Å²) in [5.74, 6) is -0.253. The van der Waals surface area contributed by atoms with Gasteiger partial charge in [0.15, 0.2) is 0 Å². The zero-order valence-corrected chi connectivity index (χ0v) is 19.7. The third-order valence-electron chi connectivity index (χ3n) is 4.23. The molecule has 0 bridgehead atoms. The van der Waals surface area contributed by atoms with E-state index in [0.717, 1.165) is 25.9 Å². The highest BCUT2D eigenvalue weighted by molar-refractivity contribution is 5.69. The molecule has 9 nitrogen and oxygen atoms in total. The lowest BCUT2D eigenvalue weighted by Gasteiger charge is -2.22. The molecular formula is C22H43NO8. The van der Waals surface area contributed by atoms with Crippen molar-refractivity contribution in [2.75, 3.05) is 85.8 Å². The van der Waals surface area contributed by atoms with Crippen LogP contribution in [0.5, 0.6) is 0 Å². The van der Waals surface area contributed by atoms with E-state index >= 15 is 0 Å². The maximum atomic E-state index is 11.5. The zero-order chi connectivity index (χ0) is 22.6. The highest BCUT2D eigenvalue weighted by Gasteiger charge is 2.15. The van der Waals surface area contributed by atoms with E-state index in [0.29, 0.717) is 78.8 Å². The Labute approximate surface area is 187 Å². The summed E-state index contributed by atoms with van der Waals surface area (Å²) in [6, 6.07) is 0. The van der Waals surface area contributed by atoms with Crippen LogP contribution in [0, 0.1) is 0 Å². The average molecular weight is 450 g/mol. The van der Waals surface area contributed by atoms with Crippen molar-refractivity contribution in [2.45, 2.75) is 51.7 Å². The molecule has 31 heavy (non-hydrogen) atoms. The molecule has 1 fully saturated rings. The first-order chi connectivity index (χ1) is 15.0. The van der Waals surface area contributed by atoms with Gasteiger partial charge in [-0.1, -0.05) is 0 Å². The molecule has 184 valence electrons. The number of carbonyl (C=O) groups is 1. The summed E-state index contributed by atoms with van der Waals surface area (Å²) in [5.41, 5.74) is -0.458. The largest absolute Gasteiger partial charge is 0.460 e. The van der Waals surface area contributed by atoms with Gasteiger partial charge >= 0.3 is 5.97 Å². The molecule has 0 aromatic heterocycles. The summed E-state index contributed by atoms with van der Waals surface area (Å²) in [6.07, 6.45) is 2.78. The number of hydrogen-bond acceptors (Lipinski definition) is 9. The van der Waals surface area contributed by atoms with Crippen molar-refractivity contribution in [1.82, 2.24) is 5.32 Å². The number of hydrogen-bond donors (Lipinski definition) is 1. The number of nitrogens with one attached hydrogen (secondary N) is 1. The smallest absolute Gasteiger partial charge is 0.308 e. The number of rotatable bonds is 19. The van der Waals surface area contributed by atoms with Crippen LogP contribution in [0.2, 0.25) is 0 Å². The molecule has 0 atom stereocenters. The van der Waals surface area contributed by atoms with E-state index < -0.39 is 5.60 Å². The molecule has 0 aliphatic carbocycles. The fourth-order valence-corrected chi connectivity index (χ4v) is 2.77. The Morgan fingerprint density at radius 1 is 0.710 bits per heavy atom. The molecule has 1 aliphatic rings. The Balaban J connectivity index is 1.69. The standard InChI is InChI=1S/C22H43NO8/c1-22(2,3)31-21(24)6-9-25-10-11-26-12-13-27-14-15-28-16-17-29-18-19-30-20-4-7-23-8-5-20/h20,23H,4-19H2,1-3H3. The van der Waals surface area contributed by atoms with E-state index in [1.165, 1.54) is 0 Å². The molecule has 0 aromatic carbocycles. The van der Waals surface area contributed by atoms with Crippen LogP contribution in [0.3, 0.4) is 0 Å². The van der Waals surface area contributed by atoms with Gasteiger partial charge in [-0.15, -0.1) is 0 Å². The molecule has 0 radical (unpaired) electrons. The minimum Gasteiger partial charge on any atom is -0.460 e. The van der Waals surface area contributed by atoms with E-state index in [4.69, 9.17) is 33.2 Å². The van der Waals surface area contributed by atoms with Gasteiger partial charge < -0.3 is 38.5 Å². The first-order valence-corrected chi connectivity index (χ1v) is 11.4. The van der Waals surface area contributed by atoms with Gasteiger partial charge in [0.05, 0.1) is 85.2 Å². The third kappa shape index (κ3) is 19.6. The summed E-state index contributed by atoms with van der Waals surface area (Å²) in [4.78, 5) is 11.5. The zero-order valence-electron chi connectivity index (χ0n) is 19.7. The van der Waals surface area contributed by atoms with E-state index in [1.54, 1.807) is 0 Å². The van der Waals surface area contributed by atoms with Gasteiger partial charge in [-0.2, -0.15) is 0 Å². The van der Waals surface area contributed by atoms with Crippen LogP contribution in [-0.4, -0.2) is 103 Å². The summed E-state index contributed by atoms with van der Waals surface area (Å²) >= 11 is 0. The number of esters is 1. The summed E-state index contributed by atoms with van der Waals surface area (Å²) in [7, 11) is 0.